The van der Waals surface area contributed by atoms with Gasteiger partial charge in [-0.2, -0.15) is 0 Å². The van der Waals surface area contributed by atoms with E-state index in [0.29, 0.717) is 6.04 Å². The highest BCUT2D eigenvalue weighted by molar-refractivity contribution is 7.10. The topological polar surface area (TPSA) is 17.0 Å². The first-order valence-corrected chi connectivity index (χ1v) is 7.10. The van der Waals surface area contributed by atoms with Crippen molar-refractivity contribution in [3.05, 3.63) is 46.4 Å². The summed E-state index contributed by atoms with van der Waals surface area (Å²) in [5.74, 6) is 0. The van der Waals surface area contributed by atoms with Crippen LogP contribution in [0.4, 0.5) is 0 Å². The SMILES string of the molecule is CCCn1cccc1CNC(C)c1cccs1. The molecule has 0 spiro atoms. The van der Waals surface area contributed by atoms with Gasteiger partial charge in [-0.05, 0) is 36.9 Å². The quantitative estimate of drug-likeness (QED) is 0.822. The van der Waals surface area contributed by atoms with Gasteiger partial charge in [-0.15, -0.1) is 11.3 Å². The van der Waals surface area contributed by atoms with E-state index in [1.807, 2.05) is 11.3 Å². The van der Waals surface area contributed by atoms with Gasteiger partial charge in [0, 0.05) is 35.9 Å². The van der Waals surface area contributed by atoms with Crippen LogP contribution >= 0.6 is 11.3 Å². The van der Waals surface area contributed by atoms with E-state index >= 15 is 0 Å². The molecule has 0 aliphatic carbocycles. The fourth-order valence-corrected chi connectivity index (χ4v) is 2.72. The first-order chi connectivity index (χ1) is 8.31. The van der Waals surface area contributed by atoms with Crippen molar-refractivity contribution in [2.75, 3.05) is 0 Å². The molecule has 0 aliphatic rings. The predicted octanol–water partition coefficient (Wildman–Crippen LogP) is 3.81. The summed E-state index contributed by atoms with van der Waals surface area (Å²) in [5.41, 5.74) is 1.37. The highest BCUT2D eigenvalue weighted by Gasteiger charge is 2.06. The molecule has 92 valence electrons. The van der Waals surface area contributed by atoms with Crippen LogP contribution in [0.5, 0.6) is 0 Å². The second-order valence-corrected chi connectivity index (χ2v) is 5.29. The summed E-state index contributed by atoms with van der Waals surface area (Å²) in [6.07, 6.45) is 3.35. The lowest BCUT2D eigenvalue weighted by molar-refractivity contribution is 0.547. The van der Waals surface area contributed by atoms with Crippen LogP contribution in [-0.2, 0) is 13.1 Å². The molecule has 2 aromatic heterocycles. The summed E-state index contributed by atoms with van der Waals surface area (Å²) in [5, 5.41) is 5.71. The fourth-order valence-electron chi connectivity index (χ4n) is 1.96. The molecule has 0 aliphatic heterocycles. The van der Waals surface area contributed by atoms with Crippen molar-refractivity contribution in [2.24, 2.45) is 0 Å². The maximum atomic E-state index is 3.58. The second kappa shape index (κ2) is 6.03. The highest BCUT2D eigenvalue weighted by atomic mass is 32.1. The number of aryl methyl sites for hydroxylation is 1. The third kappa shape index (κ3) is 3.20. The average Bonchev–Trinajstić information content (AvgIpc) is 2.97. The Kier molecular flexibility index (Phi) is 4.40. The lowest BCUT2D eigenvalue weighted by atomic mass is 10.2. The number of aromatic nitrogens is 1. The van der Waals surface area contributed by atoms with E-state index < -0.39 is 0 Å². The molecule has 2 rings (SSSR count). The molecule has 0 saturated carbocycles. The van der Waals surface area contributed by atoms with Crippen molar-refractivity contribution in [1.82, 2.24) is 9.88 Å². The van der Waals surface area contributed by atoms with Gasteiger partial charge in [-0.25, -0.2) is 0 Å². The Morgan fingerprint density at radius 1 is 1.35 bits per heavy atom. The molecule has 0 bridgehead atoms. The van der Waals surface area contributed by atoms with Gasteiger partial charge in [0.25, 0.3) is 0 Å². The van der Waals surface area contributed by atoms with Crippen LogP contribution in [0.2, 0.25) is 0 Å². The van der Waals surface area contributed by atoms with E-state index in [0.717, 1.165) is 13.1 Å². The Hall–Kier alpha value is -1.06. The lowest BCUT2D eigenvalue weighted by Crippen LogP contribution is -2.19. The number of thiophene rings is 1. The van der Waals surface area contributed by atoms with Gasteiger partial charge in [-0.1, -0.05) is 13.0 Å². The smallest absolute Gasteiger partial charge is 0.0389 e. The summed E-state index contributed by atoms with van der Waals surface area (Å²) in [4.78, 5) is 1.40. The lowest BCUT2D eigenvalue weighted by Gasteiger charge is -2.13. The summed E-state index contributed by atoms with van der Waals surface area (Å²) >= 11 is 1.81. The molecule has 1 N–H and O–H groups in total. The second-order valence-electron chi connectivity index (χ2n) is 4.31. The maximum Gasteiger partial charge on any atom is 0.0389 e. The summed E-state index contributed by atoms with van der Waals surface area (Å²) in [6.45, 7) is 6.48. The average molecular weight is 248 g/mol. The molecule has 0 aromatic carbocycles. The number of nitrogens with one attached hydrogen (secondary N) is 1. The van der Waals surface area contributed by atoms with Gasteiger partial charge >= 0.3 is 0 Å². The minimum atomic E-state index is 0.431. The van der Waals surface area contributed by atoms with Crippen molar-refractivity contribution < 1.29 is 0 Å². The third-order valence-electron chi connectivity index (χ3n) is 2.95. The molecule has 2 aromatic rings. The van der Waals surface area contributed by atoms with E-state index in [9.17, 15) is 0 Å². The predicted molar refractivity (Wildman–Crippen MR) is 74.3 cm³/mol. The van der Waals surface area contributed by atoms with E-state index in [1.54, 1.807) is 0 Å². The zero-order valence-corrected chi connectivity index (χ0v) is 11.3. The standard InChI is InChI=1S/C14H20N2S/c1-3-8-16-9-4-6-13(16)11-15-12(2)14-7-5-10-17-14/h4-7,9-10,12,15H,3,8,11H2,1-2H3. The number of hydrogen-bond donors (Lipinski definition) is 1. The van der Waals surface area contributed by atoms with Crippen LogP contribution in [0.3, 0.4) is 0 Å². The van der Waals surface area contributed by atoms with Crippen LogP contribution in [0.1, 0.15) is 36.9 Å². The Balaban J connectivity index is 1.91. The van der Waals surface area contributed by atoms with Crippen molar-refractivity contribution in [2.45, 2.75) is 39.4 Å². The van der Waals surface area contributed by atoms with Gasteiger partial charge in [0.1, 0.15) is 0 Å². The van der Waals surface area contributed by atoms with E-state index in [2.05, 4.69) is 59.6 Å². The summed E-state index contributed by atoms with van der Waals surface area (Å²) < 4.78 is 2.33. The van der Waals surface area contributed by atoms with Crippen molar-refractivity contribution in [3.63, 3.8) is 0 Å². The van der Waals surface area contributed by atoms with Crippen LogP contribution in [0.25, 0.3) is 0 Å². The minimum Gasteiger partial charge on any atom is -0.350 e. The molecule has 0 fully saturated rings. The van der Waals surface area contributed by atoms with Crippen LogP contribution < -0.4 is 5.32 Å². The third-order valence-corrected chi connectivity index (χ3v) is 4.00. The maximum absolute atomic E-state index is 3.58. The zero-order valence-electron chi connectivity index (χ0n) is 10.5. The van der Waals surface area contributed by atoms with Gasteiger partial charge in [0.05, 0.1) is 0 Å². The monoisotopic (exact) mass is 248 g/mol. The van der Waals surface area contributed by atoms with Crippen molar-refractivity contribution in [1.29, 1.82) is 0 Å². The van der Waals surface area contributed by atoms with Gasteiger partial charge in [0.15, 0.2) is 0 Å². The van der Waals surface area contributed by atoms with Crippen LogP contribution in [0, 0.1) is 0 Å². The van der Waals surface area contributed by atoms with Gasteiger partial charge in [0.2, 0.25) is 0 Å². The van der Waals surface area contributed by atoms with E-state index in [1.165, 1.54) is 17.0 Å². The normalized spacial score (nSPS) is 12.8. The molecule has 17 heavy (non-hydrogen) atoms. The van der Waals surface area contributed by atoms with Crippen LogP contribution in [-0.4, -0.2) is 4.57 Å². The molecule has 2 nitrogen and oxygen atoms in total. The fraction of sp³-hybridized carbons (Fsp3) is 0.429. The Morgan fingerprint density at radius 3 is 2.94 bits per heavy atom. The largest absolute Gasteiger partial charge is 0.350 e. The number of hydrogen-bond acceptors (Lipinski definition) is 2. The number of nitrogens with zero attached hydrogens (tertiary/aromatic N) is 1. The first-order valence-electron chi connectivity index (χ1n) is 6.22. The molecule has 0 saturated heterocycles. The van der Waals surface area contributed by atoms with Gasteiger partial charge < -0.3 is 9.88 Å². The molecule has 0 radical (unpaired) electrons. The number of rotatable bonds is 6. The molecule has 0 amide bonds. The molecule has 1 unspecified atom stereocenters. The zero-order chi connectivity index (χ0) is 12.1. The molecule has 2 heterocycles. The minimum absolute atomic E-state index is 0.431. The Morgan fingerprint density at radius 2 is 2.24 bits per heavy atom. The van der Waals surface area contributed by atoms with Gasteiger partial charge in [-0.3, -0.25) is 0 Å². The molecular weight excluding hydrogens is 228 g/mol. The van der Waals surface area contributed by atoms with Crippen molar-refractivity contribution >= 4 is 11.3 Å². The van der Waals surface area contributed by atoms with E-state index in [4.69, 9.17) is 0 Å². The van der Waals surface area contributed by atoms with Crippen LogP contribution in [0.15, 0.2) is 35.8 Å². The summed E-state index contributed by atoms with van der Waals surface area (Å²) in [6, 6.07) is 9.05. The Labute approximate surface area is 107 Å². The van der Waals surface area contributed by atoms with Crippen molar-refractivity contribution in [3.8, 4) is 0 Å². The Bertz CT molecular complexity index is 431. The molecule has 1 atom stereocenters. The molecule has 3 heteroatoms. The first kappa shape index (κ1) is 12.4. The van der Waals surface area contributed by atoms with E-state index in [-0.39, 0.29) is 0 Å². The highest BCUT2D eigenvalue weighted by Crippen LogP contribution is 2.18. The molecular formula is C14H20N2S. The summed E-state index contributed by atoms with van der Waals surface area (Å²) in [7, 11) is 0.